The zero-order chi connectivity index (χ0) is 12.8. The van der Waals surface area contributed by atoms with Gasteiger partial charge < -0.3 is 5.32 Å². The highest BCUT2D eigenvalue weighted by Gasteiger charge is 2.00. The van der Waals surface area contributed by atoms with Gasteiger partial charge in [0.25, 0.3) is 0 Å². The zero-order valence-corrected chi connectivity index (χ0v) is 11.0. The fourth-order valence-electron chi connectivity index (χ4n) is 1.78. The summed E-state index contributed by atoms with van der Waals surface area (Å²) >= 11 is 0. The van der Waals surface area contributed by atoms with Crippen LogP contribution in [-0.2, 0) is 26.6 Å². The van der Waals surface area contributed by atoms with Gasteiger partial charge in [-0.2, -0.15) is 10.2 Å². The van der Waals surface area contributed by atoms with Crippen molar-refractivity contribution in [3.8, 4) is 0 Å². The summed E-state index contributed by atoms with van der Waals surface area (Å²) < 4.78 is 3.71. The number of hydrogen-bond donors (Lipinski definition) is 1. The number of aryl methyl sites for hydroxylation is 2. The molecule has 0 aliphatic rings. The first-order valence-corrected chi connectivity index (χ1v) is 6.34. The summed E-state index contributed by atoms with van der Waals surface area (Å²) in [6, 6.07) is 0. The first-order valence-electron chi connectivity index (χ1n) is 6.34. The Bertz CT molecular complexity index is 472. The molecule has 98 valence electrons. The summed E-state index contributed by atoms with van der Waals surface area (Å²) in [4.78, 5) is 4.18. The highest BCUT2D eigenvalue weighted by molar-refractivity contribution is 5.03. The largest absolute Gasteiger partial charge is 0.312 e. The summed E-state index contributed by atoms with van der Waals surface area (Å²) in [7, 11) is 1.88. The summed E-state index contributed by atoms with van der Waals surface area (Å²) in [5, 5.41) is 11.9. The first kappa shape index (κ1) is 12.8. The van der Waals surface area contributed by atoms with Crippen LogP contribution in [0.4, 0.5) is 0 Å². The molecule has 18 heavy (non-hydrogen) atoms. The fraction of sp³-hybridized carbons (Fsp3) is 0.583. The Kier molecular flexibility index (Phi) is 4.46. The predicted molar refractivity (Wildman–Crippen MR) is 68.9 cm³/mol. The van der Waals surface area contributed by atoms with E-state index in [9.17, 15) is 0 Å². The van der Waals surface area contributed by atoms with Gasteiger partial charge in [-0.1, -0.05) is 6.92 Å². The quantitative estimate of drug-likeness (QED) is 0.735. The summed E-state index contributed by atoms with van der Waals surface area (Å²) in [5.41, 5.74) is 1.22. The molecule has 0 aliphatic carbocycles. The van der Waals surface area contributed by atoms with E-state index < -0.39 is 0 Å². The number of aromatic nitrogens is 5. The molecule has 2 aromatic heterocycles. The molecule has 0 saturated carbocycles. The molecule has 2 rings (SSSR count). The van der Waals surface area contributed by atoms with Crippen molar-refractivity contribution in [3.05, 3.63) is 30.1 Å². The van der Waals surface area contributed by atoms with Crippen LogP contribution >= 0.6 is 0 Å². The van der Waals surface area contributed by atoms with Crippen LogP contribution in [0.15, 0.2) is 18.7 Å². The second kappa shape index (κ2) is 6.30. The Hall–Kier alpha value is -1.69. The van der Waals surface area contributed by atoms with E-state index >= 15 is 0 Å². The van der Waals surface area contributed by atoms with Gasteiger partial charge in [0.2, 0.25) is 0 Å². The van der Waals surface area contributed by atoms with E-state index in [0.717, 1.165) is 38.3 Å². The topological polar surface area (TPSA) is 60.6 Å². The van der Waals surface area contributed by atoms with Crippen molar-refractivity contribution in [2.75, 3.05) is 6.54 Å². The van der Waals surface area contributed by atoms with E-state index in [1.54, 1.807) is 11.0 Å². The van der Waals surface area contributed by atoms with E-state index in [4.69, 9.17) is 0 Å². The fourth-order valence-corrected chi connectivity index (χ4v) is 1.78. The highest BCUT2D eigenvalue weighted by Crippen LogP contribution is 1.98. The van der Waals surface area contributed by atoms with Crippen molar-refractivity contribution in [1.29, 1.82) is 0 Å². The minimum absolute atomic E-state index is 0.844. The van der Waals surface area contributed by atoms with Crippen LogP contribution in [0.2, 0.25) is 0 Å². The van der Waals surface area contributed by atoms with E-state index in [-0.39, 0.29) is 0 Å². The minimum atomic E-state index is 0.844. The van der Waals surface area contributed by atoms with E-state index in [2.05, 4.69) is 33.6 Å². The lowest BCUT2D eigenvalue weighted by Gasteiger charge is -2.00. The molecular weight excluding hydrogens is 228 g/mol. The summed E-state index contributed by atoms with van der Waals surface area (Å²) in [5.74, 6) is 0.881. The molecule has 0 unspecified atom stereocenters. The Balaban J connectivity index is 1.68. The Morgan fingerprint density at radius 1 is 1.39 bits per heavy atom. The SMILES string of the molecule is CCCn1cc(CNCCc2ncn(C)n2)cn1. The summed E-state index contributed by atoms with van der Waals surface area (Å²) in [6.45, 7) is 4.86. The van der Waals surface area contributed by atoms with Crippen LogP contribution in [0.3, 0.4) is 0 Å². The van der Waals surface area contributed by atoms with E-state index in [1.165, 1.54) is 5.56 Å². The minimum Gasteiger partial charge on any atom is -0.312 e. The van der Waals surface area contributed by atoms with Gasteiger partial charge in [-0.05, 0) is 6.42 Å². The molecule has 0 aliphatic heterocycles. The van der Waals surface area contributed by atoms with Gasteiger partial charge in [0.15, 0.2) is 5.82 Å². The smallest absolute Gasteiger partial charge is 0.151 e. The molecule has 0 radical (unpaired) electrons. The number of nitrogens with zero attached hydrogens (tertiary/aromatic N) is 5. The van der Waals surface area contributed by atoms with Crippen LogP contribution in [0, 0.1) is 0 Å². The molecule has 6 heteroatoms. The third kappa shape index (κ3) is 3.66. The predicted octanol–water partition coefficient (Wildman–Crippen LogP) is 0.754. The normalized spacial score (nSPS) is 11.0. The van der Waals surface area contributed by atoms with Crippen LogP contribution in [-0.4, -0.2) is 31.1 Å². The van der Waals surface area contributed by atoms with Gasteiger partial charge in [-0.3, -0.25) is 9.36 Å². The second-order valence-electron chi connectivity index (χ2n) is 4.37. The van der Waals surface area contributed by atoms with Crippen LogP contribution in [0.1, 0.15) is 24.7 Å². The van der Waals surface area contributed by atoms with Crippen molar-refractivity contribution in [2.24, 2.45) is 7.05 Å². The molecule has 0 fully saturated rings. The van der Waals surface area contributed by atoms with E-state index in [1.807, 2.05) is 17.9 Å². The Morgan fingerprint density at radius 3 is 3.00 bits per heavy atom. The maximum Gasteiger partial charge on any atom is 0.151 e. The number of hydrogen-bond acceptors (Lipinski definition) is 4. The molecule has 1 N–H and O–H groups in total. The maximum absolute atomic E-state index is 4.29. The maximum atomic E-state index is 4.29. The molecule has 0 spiro atoms. The van der Waals surface area contributed by atoms with Crippen LogP contribution in [0.25, 0.3) is 0 Å². The molecule has 6 nitrogen and oxygen atoms in total. The monoisotopic (exact) mass is 248 g/mol. The highest BCUT2D eigenvalue weighted by atomic mass is 15.3. The van der Waals surface area contributed by atoms with Crippen LogP contribution < -0.4 is 5.32 Å². The van der Waals surface area contributed by atoms with Gasteiger partial charge >= 0.3 is 0 Å². The van der Waals surface area contributed by atoms with Crippen molar-refractivity contribution in [3.63, 3.8) is 0 Å². The lowest BCUT2D eigenvalue weighted by Crippen LogP contribution is -2.17. The van der Waals surface area contributed by atoms with Crippen molar-refractivity contribution >= 4 is 0 Å². The van der Waals surface area contributed by atoms with Gasteiger partial charge in [0.05, 0.1) is 6.20 Å². The van der Waals surface area contributed by atoms with Crippen LogP contribution in [0.5, 0.6) is 0 Å². The van der Waals surface area contributed by atoms with Gasteiger partial charge in [0, 0.05) is 44.9 Å². The molecule has 2 heterocycles. The average molecular weight is 248 g/mol. The molecule has 0 aromatic carbocycles. The number of nitrogens with one attached hydrogen (secondary N) is 1. The lowest BCUT2D eigenvalue weighted by molar-refractivity contribution is 0.601. The summed E-state index contributed by atoms with van der Waals surface area (Å²) in [6.07, 6.45) is 7.70. The Labute approximate surface area is 107 Å². The van der Waals surface area contributed by atoms with Crippen molar-refractivity contribution in [2.45, 2.75) is 32.9 Å². The third-order valence-corrected chi connectivity index (χ3v) is 2.64. The van der Waals surface area contributed by atoms with Gasteiger partial charge in [0.1, 0.15) is 6.33 Å². The average Bonchev–Trinajstić information content (AvgIpc) is 2.95. The standard InChI is InChI=1S/C12H20N6/c1-3-6-18-9-11(8-15-18)7-13-5-4-12-14-10-17(2)16-12/h8-10,13H,3-7H2,1-2H3. The molecule has 0 saturated heterocycles. The molecule has 0 atom stereocenters. The van der Waals surface area contributed by atoms with Crippen molar-refractivity contribution in [1.82, 2.24) is 29.9 Å². The Morgan fingerprint density at radius 2 is 2.28 bits per heavy atom. The van der Waals surface area contributed by atoms with Gasteiger partial charge in [-0.15, -0.1) is 0 Å². The molecular formula is C12H20N6. The molecule has 2 aromatic rings. The van der Waals surface area contributed by atoms with E-state index in [0.29, 0.717) is 0 Å². The molecule has 0 bridgehead atoms. The van der Waals surface area contributed by atoms with Gasteiger partial charge in [-0.25, -0.2) is 4.98 Å². The molecule has 0 amide bonds. The van der Waals surface area contributed by atoms with Crippen molar-refractivity contribution < 1.29 is 0 Å². The third-order valence-electron chi connectivity index (χ3n) is 2.64. The first-order chi connectivity index (χ1) is 8.78. The lowest BCUT2D eigenvalue weighted by atomic mass is 10.3. The zero-order valence-electron chi connectivity index (χ0n) is 11.0. The number of rotatable bonds is 7. The second-order valence-corrected chi connectivity index (χ2v) is 4.37.